The van der Waals surface area contributed by atoms with Crippen molar-refractivity contribution >= 4 is 0 Å². The summed E-state index contributed by atoms with van der Waals surface area (Å²) in [5, 5.41) is 9.67. The molecule has 6 rings (SSSR count). The van der Waals surface area contributed by atoms with E-state index in [1.54, 1.807) is 6.07 Å². The zero-order valence-electron chi connectivity index (χ0n) is 12.0. The molecule has 0 unspecified atom stereocenters. The lowest BCUT2D eigenvalue weighted by atomic mass is 9.91. The minimum atomic E-state index is -4.63. The van der Waals surface area contributed by atoms with Gasteiger partial charge in [0.15, 0.2) is 6.10 Å². The molecule has 0 aliphatic heterocycles. The van der Waals surface area contributed by atoms with Crippen LogP contribution in [0.25, 0.3) is 0 Å². The first-order valence-corrected chi connectivity index (χ1v) is 7.38. The number of alkyl halides is 3. The van der Waals surface area contributed by atoms with Gasteiger partial charge in [0, 0.05) is 0 Å². The van der Waals surface area contributed by atoms with E-state index in [9.17, 15) is 18.3 Å². The van der Waals surface area contributed by atoms with Gasteiger partial charge in [0.2, 0.25) is 0 Å². The Morgan fingerprint density at radius 2 is 1.27 bits per heavy atom. The Hall–Kier alpha value is -1.81. The molecule has 4 aliphatic rings. The molecule has 116 valence electrons. The van der Waals surface area contributed by atoms with Crippen LogP contribution in [0.15, 0.2) is 42.5 Å². The van der Waals surface area contributed by atoms with Crippen molar-refractivity contribution in [1.29, 1.82) is 0 Å². The highest BCUT2D eigenvalue weighted by Crippen LogP contribution is 2.35. The summed E-state index contributed by atoms with van der Waals surface area (Å²) >= 11 is 0. The minimum Gasteiger partial charge on any atom is -0.379 e. The molecule has 1 nitrogen and oxygen atoms in total. The van der Waals surface area contributed by atoms with Crippen molar-refractivity contribution < 1.29 is 18.3 Å². The summed E-state index contributed by atoms with van der Waals surface area (Å²) in [6.07, 6.45) is -4.45. The SMILES string of the molecule is O[C@@H](c1cc2ccc1CCc1ccc(cc1)CC2)C(F)(F)F. The first-order chi connectivity index (χ1) is 10.4. The molecule has 0 saturated heterocycles. The van der Waals surface area contributed by atoms with E-state index in [2.05, 4.69) is 12.1 Å². The third-order valence-corrected chi connectivity index (χ3v) is 4.22. The largest absolute Gasteiger partial charge is 0.418 e. The summed E-state index contributed by atoms with van der Waals surface area (Å²) in [5.41, 5.74) is 3.66. The van der Waals surface area contributed by atoms with Gasteiger partial charge in [-0.15, -0.1) is 0 Å². The van der Waals surface area contributed by atoms with Gasteiger partial charge in [-0.2, -0.15) is 13.2 Å². The standard InChI is InChI=1S/C18H17F3O/c19-18(20,21)17(22)16-11-14-6-5-12-1-3-13(4-2-12)7-9-15(16)10-8-14/h1-4,8,10-11,17,22H,5-7,9H2/t17-/m0/s1. The van der Waals surface area contributed by atoms with E-state index < -0.39 is 12.3 Å². The smallest absolute Gasteiger partial charge is 0.379 e. The quantitative estimate of drug-likeness (QED) is 0.838. The van der Waals surface area contributed by atoms with Gasteiger partial charge in [0.05, 0.1) is 0 Å². The normalized spacial score (nSPS) is 16.2. The second-order valence-corrected chi connectivity index (χ2v) is 5.79. The lowest BCUT2D eigenvalue weighted by molar-refractivity contribution is -0.207. The Kier molecular flexibility index (Phi) is 3.96. The molecule has 0 amide bonds. The van der Waals surface area contributed by atoms with Crippen molar-refractivity contribution in [3.8, 4) is 0 Å². The zero-order valence-corrected chi connectivity index (χ0v) is 12.0. The molecule has 0 saturated carbocycles. The molecular weight excluding hydrogens is 289 g/mol. The second-order valence-electron chi connectivity index (χ2n) is 5.79. The van der Waals surface area contributed by atoms with Crippen molar-refractivity contribution in [2.45, 2.75) is 38.0 Å². The highest BCUT2D eigenvalue weighted by molar-refractivity contribution is 5.37. The van der Waals surface area contributed by atoms with Crippen LogP contribution < -0.4 is 0 Å². The fraction of sp³-hybridized carbons (Fsp3) is 0.333. The van der Waals surface area contributed by atoms with Crippen LogP contribution in [-0.2, 0) is 25.7 Å². The summed E-state index contributed by atoms with van der Waals surface area (Å²) in [5.74, 6) is 0. The van der Waals surface area contributed by atoms with Gasteiger partial charge in [-0.1, -0.05) is 42.5 Å². The topological polar surface area (TPSA) is 20.2 Å². The van der Waals surface area contributed by atoms with E-state index in [0.717, 1.165) is 17.5 Å². The fourth-order valence-corrected chi connectivity index (χ4v) is 2.90. The van der Waals surface area contributed by atoms with Crippen LogP contribution in [0.1, 0.15) is 33.9 Å². The number of aryl methyl sites for hydroxylation is 4. The lowest BCUT2D eigenvalue weighted by Crippen LogP contribution is -2.22. The number of benzene rings is 2. The van der Waals surface area contributed by atoms with Gasteiger partial charge in [-0.05, 0) is 53.5 Å². The summed E-state index contributed by atoms with van der Waals surface area (Å²) < 4.78 is 38.7. The van der Waals surface area contributed by atoms with Crippen molar-refractivity contribution in [3.63, 3.8) is 0 Å². The predicted octanol–water partition coefficient (Wildman–Crippen LogP) is 4.17. The third-order valence-electron chi connectivity index (χ3n) is 4.22. The summed E-state index contributed by atoms with van der Waals surface area (Å²) in [4.78, 5) is 0. The molecule has 4 heteroatoms. The van der Waals surface area contributed by atoms with Gasteiger partial charge in [0.1, 0.15) is 0 Å². The molecule has 1 atom stereocenters. The van der Waals surface area contributed by atoms with Crippen molar-refractivity contribution in [3.05, 3.63) is 70.3 Å². The van der Waals surface area contributed by atoms with Crippen molar-refractivity contribution in [2.75, 3.05) is 0 Å². The van der Waals surface area contributed by atoms with E-state index in [4.69, 9.17) is 0 Å². The molecule has 4 aliphatic carbocycles. The van der Waals surface area contributed by atoms with Gasteiger partial charge in [-0.3, -0.25) is 0 Å². The van der Waals surface area contributed by atoms with Gasteiger partial charge in [-0.25, -0.2) is 0 Å². The summed E-state index contributed by atoms with van der Waals surface area (Å²) in [6, 6.07) is 13.3. The molecule has 4 bridgehead atoms. The maximum atomic E-state index is 12.9. The second kappa shape index (κ2) is 5.76. The molecule has 2 aromatic rings. The Balaban J connectivity index is 2.01. The van der Waals surface area contributed by atoms with E-state index in [1.807, 2.05) is 18.2 Å². The molecule has 22 heavy (non-hydrogen) atoms. The number of hydrogen-bond donors (Lipinski definition) is 1. The molecule has 0 spiro atoms. The molecule has 0 fully saturated rings. The molecular formula is C18H17F3O. The monoisotopic (exact) mass is 306 g/mol. The first kappa shape index (κ1) is 15.1. The number of rotatable bonds is 1. The number of hydrogen-bond acceptors (Lipinski definition) is 1. The number of aliphatic hydroxyl groups excluding tert-OH is 1. The van der Waals surface area contributed by atoms with Crippen LogP contribution in [0.3, 0.4) is 0 Å². The Morgan fingerprint density at radius 3 is 1.86 bits per heavy atom. The van der Waals surface area contributed by atoms with E-state index in [0.29, 0.717) is 24.8 Å². The van der Waals surface area contributed by atoms with Crippen LogP contribution >= 0.6 is 0 Å². The third kappa shape index (κ3) is 3.17. The Labute approximate surface area is 127 Å². The summed E-state index contributed by atoms with van der Waals surface area (Å²) in [6.45, 7) is 0. The predicted molar refractivity (Wildman–Crippen MR) is 78.7 cm³/mol. The van der Waals surface area contributed by atoms with Crippen molar-refractivity contribution in [1.82, 2.24) is 0 Å². The van der Waals surface area contributed by atoms with Crippen LogP contribution in [0.5, 0.6) is 0 Å². The lowest BCUT2D eigenvalue weighted by Gasteiger charge is -2.20. The maximum absolute atomic E-state index is 12.9. The van der Waals surface area contributed by atoms with Gasteiger partial charge in [0.25, 0.3) is 0 Å². The first-order valence-electron chi connectivity index (χ1n) is 7.38. The summed E-state index contributed by atoms with van der Waals surface area (Å²) in [7, 11) is 0. The van der Waals surface area contributed by atoms with Gasteiger partial charge >= 0.3 is 6.18 Å². The van der Waals surface area contributed by atoms with Crippen molar-refractivity contribution in [2.24, 2.45) is 0 Å². The molecule has 1 N–H and O–H groups in total. The van der Waals surface area contributed by atoms with Gasteiger partial charge < -0.3 is 5.11 Å². The Bertz CT molecular complexity index is 659. The highest BCUT2D eigenvalue weighted by atomic mass is 19.4. The van der Waals surface area contributed by atoms with E-state index in [1.165, 1.54) is 11.6 Å². The van der Waals surface area contributed by atoms with Crippen LogP contribution in [0.2, 0.25) is 0 Å². The van der Waals surface area contributed by atoms with Crippen LogP contribution in [-0.4, -0.2) is 11.3 Å². The Morgan fingerprint density at radius 1 is 0.773 bits per heavy atom. The average Bonchev–Trinajstić information content (AvgIpc) is 2.48. The molecule has 0 aromatic heterocycles. The highest BCUT2D eigenvalue weighted by Gasteiger charge is 2.40. The minimum absolute atomic E-state index is 0.00000567. The molecule has 2 aromatic carbocycles. The van der Waals surface area contributed by atoms with Crippen LogP contribution in [0.4, 0.5) is 13.2 Å². The zero-order chi connectivity index (χ0) is 15.7. The van der Waals surface area contributed by atoms with E-state index in [-0.39, 0.29) is 5.56 Å². The molecule has 0 radical (unpaired) electrons. The molecule has 0 heterocycles. The maximum Gasteiger partial charge on any atom is 0.418 e. The van der Waals surface area contributed by atoms with E-state index >= 15 is 0 Å². The average molecular weight is 306 g/mol. The number of aliphatic hydroxyl groups is 1. The number of halogens is 3. The fourth-order valence-electron chi connectivity index (χ4n) is 2.90. The van der Waals surface area contributed by atoms with Crippen LogP contribution in [0, 0.1) is 0 Å².